The molecular weight excluding hydrogens is 272 g/mol. The molecule has 0 aromatic heterocycles. The summed E-state index contributed by atoms with van der Waals surface area (Å²) in [6, 6.07) is 6.25. The molecule has 1 aliphatic heterocycles. The van der Waals surface area contributed by atoms with Crippen molar-refractivity contribution in [1.82, 2.24) is 4.90 Å². The average Bonchev–Trinajstić information content (AvgIpc) is 2.48. The van der Waals surface area contributed by atoms with Crippen molar-refractivity contribution in [2.75, 3.05) is 13.2 Å². The Morgan fingerprint density at radius 2 is 2.05 bits per heavy atom. The smallest absolute Gasteiger partial charge is 0.269 e. The van der Waals surface area contributed by atoms with E-state index in [0.29, 0.717) is 6.54 Å². The molecule has 0 spiro atoms. The van der Waals surface area contributed by atoms with Gasteiger partial charge in [-0.15, -0.1) is 0 Å². The summed E-state index contributed by atoms with van der Waals surface area (Å²) in [6.07, 6.45) is 2.08. The van der Waals surface area contributed by atoms with Crippen LogP contribution in [0.5, 0.6) is 0 Å². The molecule has 2 atom stereocenters. The second kappa shape index (κ2) is 6.67. The third-order valence-corrected chi connectivity index (χ3v) is 4.06. The monoisotopic (exact) mass is 292 g/mol. The molecule has 1 aromatic carbocycles. The van der Waals surface area contributed by atoms with Crippen LogP contribution in [0, 0.1) is 16.0 Å². The van der Waals surface area contributed by atoms with Gasteiger partial charge >= 0.3 is 0 Å². The molecule has 1 fully saturated rings. The van der Waals surface area contributed by atoms with Gasteiger partial charge in [-0.3, -0.25) is 14.9 Å². The first-order valence-corrected chi connectivity index (χ1v) is 7.15. The summed E-state index contributed by atoms with van der Waals surface area (Å²) in [5, 5.41) is 19.8. The van der Waals surface area contributed by atoms with E-state index < -0.39 is 4.92 Å². The van der Waals surface area contributed by atoms with E-state index in [-0.39, 0.29) is 36.6 Å². The Kier molecular flexibility index (Phi) is 4.90. The number of carbonyl (C=O) groups is 1. The van der Waals surface area contributed by atoms with E-state index in [0.717, 1.165) is 18.4 Å². The number of amides is 1. The van der Waals surface area contributed by atoms with Crippen LogP contribution >= 0.6 is 0 Å². The van der Waals surface area contributed by atoms with E-state index in [1.54, 1.807) is 12.1 Å². The Balaban J connectivity index is 2.01. The van der Waals surface area contributed by atoms with Crippen molar-refractivity contribution in [1.29, 1.82) is 0 Å². The number of nitro groups is 1. The summed E-state index contributed by atoms with van der Waals surface area (Å²) in [5.41, 5.74) is 0.793. The van der Waals surface area contributed by atoms with Gasteiger partial charge in [-0.25, -0.2) is 0 Å². The number of hydrogen-bond donors (Lipinski definition) is 1. The zero-order valence-corrected chi connectivity index (χ0v) is 12.1. The molecule has 1 amide bonds. The van der Waals surface area contributed by atoms with Gasteiger partial charge in [0, 0.05) is 31.3 Å². The van der Waals surface area contributed by atoms with Crippen molar-refractivity contribution < 1.29 is 14.8 Å². The molecule has 2 unspecified atom stereocenters. The van der Waals surface area contributed by atoms with Crippen LogP contribution in [0.15, 0.2) is 24.3 Å². The highest BCUT2D eigenvalue weighted by Crippen LogP contribution is 2.22. The van der Waals surface area contributed by atoms with Crippen LogP contribution in [0.1, 0.15) is 25.3 Å². The largest absolute Gasteiger partial charge is 0.396 e. The second-order valence-electron chi connectivity index (χ2n) is 5.62. The van der Waals surface area contributed by atoms with Crippen LogP contribution in [-0.2, 0) is 11.2 Å². The topological polar surface area (TPSA) is 83.7 Å². The number of rotatable bonds is 4. The number of aliphatic hydroxyl groups is 1. The van der Waals surface area contributed by atoms with Crippen LogP contribution in [0.4, 0.5) is 5.69 Å². The molecular formula is C15H20N2O4. The van der Waals surface area contributed by atoms with Gasteiger partial charge in [0.15, 0.2) is 0 Å². The Morgan fingerprint density at radius 3 is 2.62 bits per heavy atom. The minimum atomic E-state index is -0.454. The van der Waals surface area contributed by atoms with E-state index in [2.05, 4.69) is 0 Å². The first kappa shape index (κ1) is 15.4. The summed E-state index contributed by atoms with van der Waals surface area (Å²) in [7, 11) is 0. The van der Waals surface area contributed by atoms with Gasteiger partial charge in [0.1, 0.15) is 0 Å². The summed E-state index contributed by atoms with van der Waals surface area (Å²) < 4.78 is 0. The van der Waals surface area contributed by atoms with Crippen LogP contribution in [0.25, 0.3) is 0 Å². The molecule has 1 aliphatic rings. The normalized spacial score (nSPS) is 22.1. The van der Waals surface area contributed by atoms with Crippen molar-refractivity contribution in [2.45, 2.75) is 32.2 Å². The second-order valence-corrected chi connectivity index (χ2v) is 5.62. The maximum atomic E-state index is 12.4. The summed E-state index contributed by atoms with van der Waals surface area (Å²) in [6.45, 7) is 2.71. The third-order valence-electron chi connectivity index (χ3n) is 4.06. The number of benzene rings is 1. The lowest BCUT2D eigenvalue weighted by Gasteiger charge is -2.37. The quantitative estimate of drug-likeness (QED) is 0.677. The lowest BCUT2D eigenvalue weighted by Crippen LogP contribution is -2.46. The molecule has 0 saturated carbocycles. The average molecular weight is 292 g/mol. The lowest BCUT2D eigenvalue weighted by molar-refractivity contribution is -0.384. The number of non-ortho nitro benzene ring substituents is 1. The first-order chi connectivity index (χ1) is 10.0. The van der Waals surface area contributed by atoms with Crippen LogP contribution in [0.2, 0.25) is 0 Å². The van der Waals surface area contributed by atoms with Gasteiger partial charge < -0.3 is 10.0 Å². The van der Waals surface area contributed by atoms with Crippen LogP contribution < -0.4 is 0 Å². The molecule has 21 heavy (non-hydrogen) atoms. The number of aliphatic hydroxyl groups excluding tert-OH is 1. The standard InChI is InChI=1S/C15H20N2O4/c1-11-2-3-13(10-18)9-16(11)15(19)8-12-4-6-14(7-5-12)17(20)21/h4-7,11,13,18H,2-3,8-10H2,1H3. The highest BCUT2D eigenvalue weighted by Gasteiger charge is 2.28. The number of carbonyl (C=O) groups excluding carboxylic acids is 1. The number of nitro benzene ring substituents is 1. The Labute approximate surface area is 123 Å². The van der Waals surface area contributed by atoms with Crippen molar-refractivity contribution in [3.63, 3.8) is 0 Å². The number of hydrogen-bond acceptors (Lipinski definition) is 4. The molecule has 0 bridgehead atoms. The van der Waals surface area contributed by atoms with Gasteiger partial charge in [-0.1, -0.05) is 12.1 Å². The molecule has 114 valence electrons. The van der Waals surface area contributed by atoms with Crippen molar-refractivity contribution in [2.24, 2.45) is 5.92 Å². The molecule has 6 nitrogen and oxygen atoms in total. The zero-order valence-electron chi connectivity index (χ0n) is 12.1. The summed E-state index contributed by atoms with van der Waals surface area (Å²) in [5.74, 6) is 0.163. The number of piperidine rings is 1. The zero-order chi connectivity index (χ0) is 15.4. The first-order valence-electron chi connectivity index (χ1n) is 7.15. The maximum Gasteiger partial charge on any atom is 0.269 e. The number of nitrogens with zero attached hydrogens (tertiary/aromatic N) is 2. The Hall–Kier alpha value is -1.95. The minimum absolute atomic E-state index is 0.00880. The molecule has 1 saturated heterocycles. The molecule has 0 aliphatic carbocycles. The number of likely N-dealkylation sites (tertiary alicyclic amines) is 1. The fourth-order valence-electron chi connectivity index (χ4n) is 2.69. The third kappa shape index (κ3) is 3.78. The van der Waals surface area contributed by atoms with Crippen LogP contribution in [-0.4, -0.2) is 40.0 Å². The van der Waals surface area contributed by atoms with Crippen LogP contribution in [0.3, 0.4) is 0 Å². The summed E-state index contributed by atoms with van der Waals surface area (Å²) >= 11 is 0. The van der Waals surface area contributed by atoms with E-state index in [4.69, 9.17) is 0 Å². The van der Waals surface area contributed by atoms with Gasteiger partial charge in [0.25, 0.3) is 5.69 Å². The highest BCUT2D eigenvalue weighted by atomic mass is 16.6. The van der Waals surface area contributed by atoms with E-state index in [9.17, 15) is 20.0 Å². The lowest BCUT2D eigenvalue weighted by atomic mass is 9.93. The van der Waals surface area contributed by atoms with Gasteiger partial charge in [0.2, 0.25) is 5.91 Å². The highest BCUT2D eigenvalue weighted by molar-refractivity contribution is 5.79. The van der Waals surface area contributed by atoms with Gasteiger partial charge in [0.05, 0.1) is 11.3 Å². The van der Waals surface area contributed by atoms with Crippen molar-refractivity contribution in [3.8, 4) is 0 Å². The molecule has 1 aromatic rings. The molecule has 1 N–H and O–H groups in total. The van der Waals surface area contributed by atoms with Crippen molar-refractivity contribution >= 4 is 11.6 Å². The Morgan fingerprint density at radius 1 is 1.38 bits per heavy atom. The molecule has 0 radical (unpaired) electrons. The molecule has 2 rings (SSSR count). The fraction of sp³-hybridized carbons (Fsp3) is 0.533. The van der Waals surface area contributed by atoms with E-state index in [1.165, 1.54) is 12.1 Å². The van der Waals surface area contributed by atoms with E-state index >= 15 is 0 Å². The fourth-order valence-corrected chi connectivity index (χ4v) is 2.69. The molecule has 6 heteroatoms. The summed E-state index contributed by atoms with van der Waals surface area (Å²) in [4.78, 5) is 24.3. The van der Waals surface area contributed by atoms with Gasteiger partial charge in [-0.05, 0) is 31.2 Å². The molecule has 1 heterocycles. The minimum Gasteiger partial charge on any atom is -0.396 e. The predicted molar refractivity (Wildman–Crippen MR) is 77.8 cm³/mol. The van der Waals surface area contributed by atoms with Gasteiger partial charge in [-0.2, -0.15) is 0 Å². The van der Waals surface area contributed by atoms with E-state index in [1.807, 2.05) is 11.8 Å². The van der Waals surface area contributed by atoms with Crippen molar-refractivity contribution in [3.05, 3.63) is 39.9 Å². The maximum absolute atomic E-state index is 12.4. The Bertz CT molecular complexity index is 515. The SMILES string of the molecule is CC1CCC(CO)CN1C(=O)Cc1ccc([N+](=O)[O-])cc1. The predicted octanol–water partition coefficient (Wildman–Crippen LogP) is 1.76.